The van der Waals surface area contributed by atoms with Crippen LogP contribution in [0.4, 0.5) is 5.13 Å². The highest BCUT2D eigenvalue weighted by Crippen LogP contribution is 2.29. The van der Waals surface area contributed by atoms with Crippen LogP contribution in [0, 0.1) is 0 Å². The summed E-state index contributed by atoms with van der Waals surface area (Å²) in [4.78, 5) is 27.4. The van der Waals surface area contributed by atoms with Crippen molar-refractivity contribution in [3.63, 3.8) is 0 Å². The van der Waals surface area contributed by atoms with Gasteiger partial charge in [-0.15, -0.1) is 11.3 Å². The molecule has 0 bridgehead atoms. The number of esters is 2. The smallest absolute Gasteiger partial charge is 0.373 e. The van der Waals surface area contributed by atoms with Crippen LogP contribution < -0.4 is 14.9 Å². The minimum Gasteiger partial charge on any atom is -0.490 e. The molecule has 0 aliphatic carbocycles. The minimum atomic E-state index is -0.550. The average molecular weight is 488 g/mol. The first-order valence-corrected chi connectivity index (χ1v) is 11.4. The Morgan fingerprint density at radius 2 is 2.00 bits per heavy atom. The molecule has 0 spiro atoms. The Kier molecular flexibility index (Phi) is 9.04. The number of nitrogens with one attached hydrogen (secondary N) is 1. The molecule has 0 saturated heterocycles. The normalized spacial score (nSPS) is 10.8. The number of hydrogen-bond donors (Lipinski definition) is 1. The van der Waals surface area contributed by atoms with Gasteiger partial charge >= 0.3 is 11.9 Å². The second-order valence-corrected chi connectivity index (χ2v) is 7.54. The maximum atomic E-state index is 11.5. The Balaban J connectivity index is 1.59. The van der Waals surface area contributed by atoms with Crippen molar-refractivity contribution in [2.75, 3.05) is 25.7 Å². The summed E-state index contributed by atoms with van der Waals surface area (Å²) >= 11 is 1.34. The molecule has 2 heterocycles. The van der Waals surface area contributed by atoms with Crippen LogP contribution >= 0.6 is 11.3 Å². The molecule has 3 aromatic rings. The van der Waals surface area contributed by atoms with Gasteiger partial charge in [0.25, 0.3) is 0 Å². The van der Waals surface area contributed by atoms with Gasteiger partial charge < -0.3 is 23.4 Å². The van der Waals surface area contributed by atoms with Crippen LogP contribution in [-0.4, -0.2) is 43.5 Å². The Morgan fingerprint density at radius 1 is 1.15 bits per heavy atom. The Labute approximate surface area is 200 Å². The van der Waals surface area contributed by atoms with E-state index in [0.717, 1.165) is 5.56 Å². The fraction of sp³-hybridized carbons (Fsp3) is 0.304. The Bertz CT molecular complexity index is 1140. The Morgan fingerprint density at radius 3 is 2.76 bits per heavy atom. The molecule has 0 saturated carbocycles. The molecule has 0 aliphatic rings. The highest BCUT2D eigenvalue weighted by molar-refractivity contribution is 7.13. The van der Waals surface area contributed by atoms with E-state index in [4.69, 9.17) is 18.6 Å². The van der Waals surface area contributed by atoms with Gasteiger partial charge in [0.2, 0.25) is 10.9 Å². The lowest BCUT2D eigenvalue weighted by Crippen LogP contribution is -2.07. The van der Waals surface area contributed by atoms with Crippen LogP contribution in [0.1, 0.15) is 41.4 Å². The second-order valence-electron chi connectivity index (χ2n) is 6.68. The van der Waals surface area contributed by atoms with Crippen LogP contribution in [0.3, 0.4) is 0 Å². The first-order valence-electron chi connectivity index (χ1n) is 10.5. The summed E-state index contributed by atoms with van der Waals surface area (Å²) in [6.45, 7) is 4.54. The van der Waals surface area contributed by atoms with Crippen molar-refractivity contribution >= 4 is 34.6 Å². The van der Waals surface area contributed by atoms with E-state index in [1.165, 1.54) is 24.5 Å². The SMILES string of the molecule is CCOC(=O)Cc1csc(NN=Cc2ccc(OCc3ccc(C(=O)OC)o3)c(OCC)c2)n1. The van der Waals surface area contributed by atoms with Gasteiger partial charge in [0.15, 0.2) is 11.5 Å². The summed E-state index contributed by atoms with van der Waals surface area (Å²) in [5, 5.41) is 6.53. The number of hydrogen-bond acceptors (Lipinski definition) is 11. The minimum absolute atomic E-state index is 0.110. The number of anilines is 1. The number of nitrogens with zero attached hydrogens (tertiary/aromatic N) is 2. The number of carbonyl (C=O) groups excluding carboxylic acids is 2. The monoisotopic (exact) mass is 487 g/mol. The standard InChI is InChI=1S/C23H25N3O7S/c1-4-30-20-10-15(12-24-26-23-25-16(14-34-23)11-21(27)31-5-2)6-8-18(20)32-13-17-7-9-19(33-17)22(28)29-3/h6-10,12,14H,4-5,11,13H2,1-3H3,(H,25,26). The number of thiazole rings is 1. The summed E-state index contributed by atoms with van der Waals surface area (Å²) in [7, 11) is 1.29. The largest absolute Gasteiger partial charge is 0.490 e. The van der Waals surface area contributed by atoms with E-state index in [0.29, 0.717) is 41.3 Å². The first-order chi connectivity index (χ1) is 16.5. The van der Waals surface area contributed by atoms with Crippen LogP contribution in [0.15, 0.2) is 45.2 Å². The molecule has 0 fully saturated rings. The third-order valence-electron chi connectivity index (χ3n) is 4.24. The van der Waals surface area contributed by atoms with Gasteiger partial charge in [-0.1, -0.05) is 0 Å². The zero-order valence-electron chi connectivity index (χ0n) is 19.0. The molecule has 1 aromatic carbocycles. The molecule has 0 aliphatic heterocycles. The number of aromatic nitrogens is 1. The van der Waals surface area contributed by atoms with E-state index >= 15 is 0 Å². The van der Waals surface area contributed by atoms with E-state index in [1.807, 2.05) is 13.0 Å². The van der Waals surface area contributed by atoms with E-state index in [2.05, 4.69) is 20.2 Å². The highest BCUT2D eigenvalue weighted by Gasteiger charge is 2.13. The molecule has 3 rings (SSSR count). The lowest BCUT2D eigenvalue weighted by molar-refractivity contribution is -0.142. The zero-order chi connectivity index (χ0) is 24.3. The topological polar surface area (TPSA) is 121 Å². The van der Waals surface area contributed by atoms with Crippen molar-refractivity contribution in [2.24, 2.45) is 5.10 Å². The number of carbonyl (C=O) groups is 2. The molecular weight excluding hydrogens is 462 g/mol. The summed E-state index contributed by atoms with van der Waals surface area (Å²) in [5.74, 6) is 0.779. The predicted molar refractivity (Wildman–Crippen MR) is 126 cm³/mol. The van der Waals surface area contributed by atoms with E-state index < -0.39 is 5.97 Å². The second kappa shape index (κ2) is 12.4. The van der Waals surface area contributed by atoms with Crippen molar-refractivity contribution in [2.45, 2.75) is 26.9 Å². The summed E-state index contributed by atoms with van der Waals surface area (Å²) < 4.78 is 26.5. The molecule has 0 amide bonds. The predicted octanol–water partition coefficient (Wildman–Crippen LogP) is 4.05. The van der Waals surface area contributed by atoms with Crippen molar-refractivity contribution in [3.05, 3.63) is 58.5 Å². The van der Waals surface area contributed by atoms with Gasteiger partial charge in [0.05, 0.1) is 38.7 Å². The summed E-state index contributed by atoms with van der Waals surface area (Å²) in [6.07, 6.45) is 1.74. The molecule has 180 valence electrons. The van der Waals surface area contributed by atoms with E-state index in [9.17, 15) is 9.59 Å². The number of hydrazone groups is 1. The third kappa shape index (κ3) is 7.07. The molecule has 2 aromatic heterocycles. The van der Waals surface area contributed by atoms with Gasteiger partial charge in [-0.05, 0) is 49.7 Å². The molecule has 10 nitrogen and oxygen atoms in total. The van der Waals surface area contributed by atoms with Crippen LogP contribution in [-0.2, 0) is 27.3 Å². The van der Waals surface area contributed by atoms with E-state index in [-0.39, 0.29) is 24.8 Å². The van der Waals surface area contributed by atoms with Crippen LogP contribution in [0.5, 0.6) is 11.5 Å². The Hall–Kier alpha value is -3.86. The molecule has 0 unspecified atom stereocenters. The third-order valence-corrected chi connectivity index (χ3v) is 5.04. The number of furan rings is 1. The van der Waals surface area contributed by atoms with Crippen molar-refractivity contribution in [1.29, 1.82) is 0 Å². The van der Waals surface area contributed by atoms with Crippen molar-refractivity contribution < 1.29 is 33.0 Å². The maximum absolute atomic E-state index is 11.5. The molecule has 1 N–H and O–H groups in total. The number of methoxy groups -OCH3 is 1. The molecule has 0 radical (unpaired) electrons. The number of benzene rings is 1. The van der Waals surface area contributed by atoms with Crippen molar-refractivity contribution in [3.8, 4) is 11.5 Å². The van der Waals surface area contributed by atoms with E-state index in [1.54, 1.807) is 36.7 Å². The fourth-order valence-electron chi connectivity index (χ4n) is 2.77. The van der Waals surface area contributed by atoms with Crippen LogP contribution in [0.25, 0.3) is 0 Å². The lowest BCUT2D eigenvalue weighted by Gasteiger charge is -2.11. The van der Waals surface area contributed by atoms with Crippen LogP contribution in [0.2, 0.25) is 0 Å². The highest BCUT2D eigenvalue weighted by atomic mass is 32.1. The molecule has 34 heavy (non-hydrogen) atoms. The quantitative estimate of drug-likeness (QED) is 0.229. The van der Waals surface area contributed by atoms with Gasteiger partial charge in [-0.3, -0.25) is 10.2 Å². The fourth-order valence-corrected chi connectivity index (χ4v) is 3.43. The first kappa shape index (κ1) is 24.8. The lowest BCUT2D eigenvalue weighted by atomic mass is 10.2. The average Bonchev–Trinajstić information content (AvgIpc) is 3.48. The zero-order valence-corrected chi connectivity index (χ0v) is 19.8. The molecule has 0 atom stereocenters. The summed E-state index contributed by atoms with van der Waals surface area (Å²) in [5.41, 5.74) is 4.25. The summed E-state index contributed by atoms with van der Waals surface area (Å²) in [6, 6.07) is 8.55. The van der Waals surface area contributed by atoms with Gasteiger partial charge in [-0.2, -0.15) is 5.10 Å². The molecule has 11 heteroatoms. The molecular formula is C23H25N3O7S. The van der Waals surface area contributed by atoms with Gasteiger partial charge in [-0.25, -0.2) is 9.78 Å². The maximum Gasteiger partial charge on any atom is 0.373 e. The van der Waals surface area contributed by atoms with Gasteiger partial charge in [0, 0.05) is 5.38 Å². The number of ether oxygens (including phenoxy) is 4. The van der Waals surface area contributed by atoms with Crippen molar-refractivity contribution in [1.82, 2.24) is 4.98 Å². The van der Waals surface area contributed by atoms with Gasteiger partial charge in [0.1, 0.15) is 12.4 Å². The number of rotatable bonds is 12.